The zero-order chi connectivity index (χ0) is 14.2. The van der Waals surface area contributed by atoms with Crippen molar-refractivity contribution in [3.8, 4) is 0 Å². The molecule has 0 aromatic heterocycles. The molecule has 0 radical (unpaired) electrons. The summed E-state index contributed by atoms with van der Waals surface area (Å²) < 4.78 is 26.9. The first-order chi connectivity index (χ1) is 8.87. The Labute approximate surface area is 125 Å². The van der Waals surface area contributed by atoms with Crippen LogP contribution in [0, 0.1) is 3.57 Å². The van der Waals surface area contributed by atoms with Gasteiger partial charge in [-0.3, -0.25) is 0 Å². The molecule has 1 fully saturated rings. The molecule has 0 atom stereocenters. The highest BCUT2D eigenvalue weighted by atomic mass is 127. The van der Waals surface area contributed by atoms with Crippen LogP contribution in [0.5, 0.6) is 0 Å². The van der Waals surface area contributed by atoms with Crippen molar-refractivity contribution in [3.05, 3.63) is 27.3 Å². The van der Waals surface area contributed by atoms with Gasteiger partial charge in [-0.1, -0.05) is 6.92 Å². The van der Waals surface area contributed by atoms with Gasteiger partial charge in [0.25, 0.3) is 0 Å². The van der Waals surface area contributed by atoms with Crippen molar-refractivity contribution in [2.75, 3.05) is 6.54 Å². The molecule has 5 nitrogen and oxygen atoms in total. The van der Waals surface area contributed by atoms with Gasteiger partial charge in [-0.25, -0.2) is 13.2 Å². The molecule has 1 N–H and O–H groups in total. The fourth-order valence-electron chi connectivity index (χ4n) is 1.95. The number of carboxylic acid groups (broad SMARTS) is 1. The number of carbonyl (C=O) groups is 1. The lowest BCUT2D eigenvalue weighted by atomic mass is 10.2. The Morgan fingerprint density at radius 3 is 2.58 bits per heavy atom. The quantitative estimate of drug-likeness (QED) is 0.776. The molecule has 0 unspecified atom stereocenters. The Morgan fingerprint density at radius 2 is 2.11 bits per heavy atom. The van der Waals surface area contributed by atoms with Crippen LogP contribution in [-0.2, 0) is 10.0 Å². The zero-order valence-corrected chi connectivity index (χ0v) is 13.3. The summed E-state index contributed by atoms with van der Waals surface area (Å²) in [5.74, 6) is -1.11. The van der Waals surface area contributed by atoms with Gasteiger partial charge in [0.2, 0.25) is 10.0 Å². The van der Waals surface area contributed by atoms with Crippen molar-refractivity contribution in [2.45, 2.75) is 30.7 Å². The summed E-state index contributed by atoms with van der Waals surface area (Å²) in [7, 11) is -3.59. The van der Waals surface area contributed by atoms with E-state index in [0.29, 0.717) is 10.1 Å². The fourth-order valence-corrected chi connectivity index (χ4v) is 4.24. The van der Waals surface area contributed by atoms with Crippen molar-refractivity contribution in [3.63, 3.8) is 0 Å². The molecule has 2 rings (SSSR count). The molecular formula is C12H14INO4S. The molecule has 104 valence electrons. The summed E-state index contributed by atoms with van der Waals surface area (Å²) in [6, 6.07) is 4.30. The monoisotopic (exact) mass is 395 g/mol. The number of hydrogen-bond donors (Lipinski definition) is 1. The van der Waals surface area contributed by atoms with E-state index < -0.39 is 16.0 Å². The molecule has 0 heterocycles. The molecule has 0 spiro atoms. The molecule has 0 aliphatic heterocycles. The lowest BCUT2D eigenvalue weighted by Crippen LogP contribution is -2.33. The lowest BCUT2D eigenvalue weighted by Gasteiger charge is -2.20. The van der Waals surface area contributed by atoms with E-state index in [-0.39, 0.29) is 16.5 Å². The van der Waals surface area contributed by atoms with Crippen molar-refractivity contribution in [1.82, 2.24) is 4.31 Å². The molecule has 0 saturated heterocycles. The SMILES string of the molecule is CCN(C1CC1)S(=O)(=O)c1ccc(I)c(C(=O)O)c1. The van der Waals surface area contributed by atoms with Gasteiger partial charge < -0.3 is 5.11 Å². The van der Waals surface area contributed by atoms with E-state index in [1.54, 1.807) is 6.92 Å². The first-order valence-electron chi connectivity index (χ1n) is 5.92. The summed E-state index contributed by atoms with van der Waals surface area (Å²) in [5, 5.41) is 9.06. The Bertz CT molecular complexity index is 610. The van der Waals surface area contributed by atoms with E-state index in [4.69, 9.17) is 5.11 Å². The Balaban J connectivity index is 2.45. The smallest absolute Gasteiger partial charge is 0.336 e. The van der Waals surface area contributed by atoms with Gasteiger partial charge in [0.1, 0.15) is 0 Å². The van der Waals surface area contributed by atoms with Crippen LogP contribution in [0.4, 0.5) is 0 Å². The number of nitrogens with zero attached hydrogens (tertiary/aromatic N) is 1. The molecular weight excluding hydrogens is 381 g/mol. The average molecular weight is 395 g/mol. The minimum atomic E-state index is -3.59. The van der Waals surface area contributed by atoms with Crippen molar-refractivity contribution in [2.24, 2.45) is 0 Å². The predicted octanol–water partition coefficient (Wildman–Crippen LogP) is 2.16. The minimum absolute atomic E-state index is 0.0218. The van der Waals surface area contributed by atoms with Gasteiger partial charge >= 0.3 is 5.97 Å². The van der Waals surface area contributed by atoms with Crippen molar-refractivity contribution >= 4 is 38.6 Å². The third kappa shape index (κ3) is 2.92. The van der Waals surface area contributed by atoms with E-state index in [2.05, 4.69) is 0 Å². The zero-order valence-electron chi connectivity index (χ0n) is 10.3. The van der Waals surface area contributed by atoms with E-state index in [1.165, 1.54) is 22.5 Å². The summed E-state index contributed by atoms with van der Waals surface area (Å²) >= 11 is 1.88. The largest absolute Gasteiger partial charge is 0.478 e. The van der Waals surface area contributed by atoms with E-state index >= 15 is 0 Å². The number of sulfonamides is 1. The first-order valence-corrected chi connectivity index (χ1v) is 8.44. The summed E-state index contributed by atoms with van der Waals surface area (Å²) in [5.41, 5.74) is 0.0218. The van der Waals surface area contributed by atoms with Crippen molar-refractivity contribution in [1.29, 1.82) is 0 Å². The maximum absolute atomic E-state index is 12.5. The standard InChI is InChI=1S/C12H14INO4S/c1-2-14(8-3-4-8)19(17,18)9-5-6-11(13)10(7-9)12(15)16/h5-8H,2-4H2,1H3,(H,15,16). The van der Waals surface area contributed by atoms with E-state index in [0.717, 1.165) is 12.8 Å². The summed E-state index contributed by atoms with van der Waals surface area (Å²) in [4.78, 5) is 11.1. The molecule has 7 heteroatoms. The molecule has 0 amide bonds. The van der Waals surface area contributed by atoms with Crippen LogP contribution >= 0.6 is 22.6 Å². The van der Waals surface area contributed by atoms with Gasteiger partial charge in [-0.05, 0) is 53.6 Å². The normalized spacial score (nSPS) is 15.7. The molecule has 19 heavy (non-hydrogen) atoms. The van der Waals surface area contributed by atoms with Gasteiger partial charge in [0.15, 0.2) is 0 Å². The van der Waals surface area contributed by atoms with Crippen LogP contribution in [0.3, 0.4) is 0 Å². The van der Waals surface area contributed by atoms with Gasteiger partial charge in [0, 0.05) is 16.2 Å². The Hall–Kier alpha value is -0.670. The van der Waals surface area contributed by atoms with Crippen LogP contribution in [0.15, 0.2) is 23.1 Å². The van der Waals surface area contributed by atoms with Gasteiger partial charge in [-0.2, -0.15) is 4.31 Å². The maximum Gasteiger partial charge on any atom is 0.336 e. The van der Waals surface area contributed by atoms with E-state index in [1.807, 2.05) is 22.6 Å². The van der Waals surface area contributed by atoms with Crippen LogP contribution in [0.25, 0.3) is 0 Å². The molecule has 1 aliphatic carbocycles. The lowest BCUT2D eigenvalue weighted by molar-refractivity contribution is 0.0695. The molecule has 1 aliphatic rings. The maximum atomic E-state index is 12.5. The number of aromatic carboxylic acids is 1. The number of benzene rings is 1. The van der Waals surface area contributed by atoms with E-state index in [9.17, 15) is 13.2 Å². The second-order valence-electron chi connectivity index (χ2n) is 4.39. The minimum Gasteiger partial charge on any atom is -0.478 e. The number of rotatable bonds is 5. The number of halogens is 1. The van der Waals surface area contributed by atoms with Crippen LogP contribution in [0.1, 0.15) is 30.1 Å². The number of carboxylic acids is 1. The first kappa shape index (κ1) is 14.7. The highest BCUT2D eigenvalue weighted by molar-refractivity contribution is 14.1. The Kier molecular flexibility index (Phi) is 4.17. The molecule has 1 aromatic rings. The molecule has 1 aromatic carbocycles. The van der Waals surface area contributed by atoms with Gasteiger partial charge in [-0.15, -0.1) is 0 Å². The topological polar surface area (TPSA) is 74.7 Å². The van der Waals surface area contributed by atoms with Crippen molar-refractivity contribution < 1.29 is 18.3 Å². The predicted molar refractivity (Wildman–Crippen MR) is 78.7 cm³/mol. The summed E-state index contributed by atoms with van der Waals surface area (Å²) in [6.07, 6.45) is 1.76. The van der Waals surface area contributed by atoms with Crippen LogP contribution < -0.4 is 0 Å². The Morgan fingerprint density at radius 1 is 1.47 bits per heavy atom. The second-order valence-corrected chi connectivity index (χ2v) is 7.44. The average Bonchev–Trinajstić information content (AvgIpc) is 3.14. The fraction of sp³-hybridized carbons (Fsp3) is 0.417. The molecule has 0 bridgehead atoms. The second kappa shape index (κ2) is 5.37. The highest BCUT2D eigenvalue weighted by Crippen LogP contribution is 2.32. The number of hydrogen-bond acceptors (Lipinski definition) is 3. The van der Waals surface area contributed by atoms with Crippen LogP contribution in [-0.4, -0.2) is 36.4 Å². The van der Waals surface area contributed by atoms with Crippen LogP contribution in [0.2, 0.25) is 0 Å². The van der Waals surface area contributed by atoms with Gasteiger partial charge in [0.05, 0.1) is 10.5 Å². The summed E-state index contributed by atoms with van der Waals surface area (Å²) in [6.45, 7) is 2.20. The highest BCUT2D eigenvalue weighted by Gasteiger charge is 2.37. The third-order valence-corrected chi connectivity index (χ3v) is 6.00. The third-order valence-electron chi connectivity index (χ3n) is 3.04. The molecule has 1 saturated carbocycles.